The SMILES string of the molecule is CC(=O)/C=C(/C)O.CC(C)c1ccc(-c2cc3cc(-c4[c-]cccc4)ncc3o2)cc1.[Ir]. The maximum Gasteiger partial charge on any atom is 0.155 e. The Morgan fingerprint density at radius 1 is 1.09 bits per heavy atom. The van der Waals surface area contributed by atoms with Crippen molar-refractivity contribution in [2.75, 3.05) is 0 Å². The van der Waals surface area contributed by atoms with E-state index in [1.165, 1.54) is 25.5 Å². The Hall–Kier alpha value is -3.01. The Morgan fingerprint density at radius 3 is 2.34 bits per heavy atom. The number of aliphatic hydroxyl groups is 1. The van der Waals surface area contributed by atoms with Gasteiger partial charge in [0.25, 0.3) is 0 Å². The number of aromatic nitrogens is 1. The third-order valence-corrected chi connectivity index (χ3v) is 4.66. The summed E-state index contributed by atoms with van der Waals surface area (Å²) >= 11 is 0. The standard InChI is InChI=1S/C22H18NO.C5H8O2.Ir/c1-15(2)16-8-10-18(11-9-16)21-13-19-12-20(23-14-22(19)24-21)17-6-4-3-5-7-17;1-4(6)3-5(2)7;/h3-6,8-15H,1-2H3;3,6H,1-2H3;/q-1;;/b;4-3-;. The minimum absolute atomic E-state index is 0. The molecule has 0 atom stereocenters. The van der Waals surface area contributed by atoms with Crippen LogP contribution in [0.1, 0.15) is 39.2 Å². The molecule has 0 aliphatic carbocycles. The van der Waals surface area contributed by atoms with Gasteiger partial charge in [0.1, 0.15) is 5.76 Å². The van der Waals surface area contributed by atoms with E-state index < -0.39 is 0 Å². The molecule has 0 saturated heterocycles. The number of hydrogen-bond acceptors (Lipinski definition) is 4. The van der Waals surface area contributed by atoms with Gasteiger partial charge in [0.2, 0.25) is 0 Å². The van der Waals surface area contributed by atoms with E-state index in [0.717, 1.165) is 33.6 Å². The Balaban J connectivity index is 0.000000398. The van der Waals surface area contributed by atoms with Gasteiger partial charge >= 0.3 is 0 Å². The first kappa shape index (κ1) is 25.3. The molecule has 0 spiro atoms. The Bertz CT molecular complexity index is 1190. The number of aliphatic hydroxyl groups excluding tert-OH is 1. The monoisotopic (exact) mass is 605 g/mol. The van der Waals surface area contributed by atoms with Crippen molar-refractivity contribution >= 4 is 16.8 Å². The first-order chi connectivity index (χ1) is 14.8. The van der Waals surface area contributed by atoms with Crippen molar-refractivity contribution < 1.29 is 34.4 Å². The molecule has 0 aliphatic rings. The molecule has 4 nitrogen and oxygen atoms in total. The summed E-state index contributed by atoms with van der Waals surface area (Å²) in [4.78, 5) is 14.5. The van der Waals surface area contributed by atoms with Crippen LogP contribution in [0.25, 0.3) is 33.6 Å². The fourth-order valence-corrected chi connectivity index (χ4v) is 3.11. The molecule has 0 amide bonds. The van der Waals surface area contributed by atoms with Crippen LogP contribution in [0, 0.1) is 6.07 Å². The molecule has 32 heavy (non-hydrogen) atoms. The largest absolute Gasteiger partial charge is 0.512 e. The van der Waals surface area contributed by atoms with Crippen LogP contribution in [0.4, 0.5) is 0 Å². The molecule has 0 aliphatic heterocycles. The number of allylic oxidation sites excluding steroid dienone is 2. The summed E-state index contributed by atoms with van der Waals surface area (Å²) < 4.78 is 5.97. The molecule has 2 aromatic carbocycles. The van der Waals surface area contributed by atoms with Gasteiger partial charge in [-0.2, -0.15) is 0 Å². The Kier molecular flexibility index (Phi) is 9.13. The van der Waals surface area contributed by atoms with Gasteiger partial charge < -0.3 is 14.5 Å². The first-order valence-electron chi connectivity index (χ1n) is 10.2. The number of carbonyl (C=O) groups is 1. The van der Waals surface area contributed by atoms with Crippen molar-refractivity contribution in [3.8, 4) is 22.6 Å². The summed E-state index contributed by atoms with van der Waals surface area (Å²) in [5.41, 5.74) is 5.12. The van der Waals surface area contributed by atoms with Crippen LogP contribution in [0.5, 0.6) is 0 Å². The van der Waals surface area contributed by atoms with Gasteiger partial charge in [-0.25, -0.2) is 0 Å². The third kappa shape index (κ3) is 6.74. The van der Waals surface area contributed by atoms with E-state index in [0.29, 0.717) is 5.92 Å². The molecule has 1 N–H and O–H groups in total. The molecular weight excluding hydrogens is 579 g/mol. The zero-order valence-electron chi connectivity index (χ0n) is 18.5. The van der Waals surface area contributed by atoms with Gasteiger partial charge in [-0.1, -0.05) is 44.2 Å². The molecule has 2 heterocycles. The molecule has 0 saturated carbocycles. The molecular formula is C27H26IrNO3-. The van der Waals surface area contributed by atoms with Crippen LogP contribution in [-0.4, -0.2) is 15.9 Å². The molecule has 1 radical (unpaired) electrons. The number of ketones is 1. The Morgan fingerprint density at radius 2 is 1.81 bits per heavy atom. The van der Waals surface area contributed by atoms with Crippen LogP contribution in [0.2, 0.25) is 0 Å². The molecule has 5 heteroatoms. The van der Waals surface area contributed by atoms with Crippen molar-refractivity contribution in [2.24, 2.45) is 0 Å². The van der Waals surface area contributed by atoms with Crippen molar-refractivity contribution in [3.63, 3.8) is 0 Å². The molecule has 0 bridgehead atoms. The summed E-state index contributed by atoms with van der Waals surface area (Å²) in [5, 5.41) is 9.42. The van der Waals surface area contributed by atoms with Crippen molar-refractivity contribution in [1.29, 1.82) is 0 Å². The topological polar surface area (TPSA) is 63.3 Å². The number of pyridine rings is 1. The van der Waals surface area contributed by atoms with Crippen LogP contribution < -0.4 is 0 Å². The van der Waals surface area contributed by atoms with E-state index in [9.17, 15) is 4.79 Å². The van der Waals surface area contributed by atoms with Crippen LogP contribution in [-0.2, 0) is 24.9 Å². The predicted octanol–water partition coefficient (Wildman–Crippen LogP) is 7.12. The van der Waals surface area contributed by atoms with Gasteiger partial charge in [-0.15, -0.1) is 35.9 Å². The van der Waals surface area contributed by atoms with Gasteiger partial charge in [0, 0.05) is 37.1 Å². The van der Waals surface area contributed by atoms with Crippen molar-refractivity contribution in [3.05, 3.63) is 90.3 Å². The maximum atomic E-state index is 10.0. The van der Waals surface area contributed by atoms with Crippen molar-refractivity contribution in [1.82, 2.24) is 4.98 Å². The van der Waals surface area contributed by atoms with E-state index >= 15 is 0 Å². The zero-order chi connectivity index (χ0) is 22.4. The smallest absolute Gasteiger partial charge is 0.155 e. The summed E-state index contributed by atoms with van der Waals surface area (Å²) in [7, 11) is 0. The molecule has 4 rings (SSSR count). The Labute approximate surface area is 202 Å². The summed E-state index contributed by atoms with van der Waals surface area (Å²) in [6.07, 6.45) is 2.96. The minimum atomic E-state index is -0.125. The van der Waals surface area contributed by atoms with Crippen LogP contribution in [0.15, 0.2) is 83.1 Å². The van der Waals surface area contributed by atoms with Crippen LogP contribution in [0.3, 0.4) is 0 Å². The maximum absolute atomic E-state index is 10.0. The molecule has 0 unspecified atom stereocenters. The molecule has 2 aromatic heterocycles. The van der Waals surface area contributed by atoms with E-state index in [1.54, 1.807) is 6.20 Å². The van der Waals surface area contributed by atoms with E-state index in [1.807, 2.05) is 24.3 Å². The number of fused-ring (bicyclic) bond motifs is 1. The second-order valence-electron chi connectivity index (χ2n) is 7.67. The molecule has 167 valence electrons. The fraction of sp³-hybridized carbons (Fsp3) is 0.185. The number of benzene rings is 2. The van der Waals surface area contributed by atoms with Crippen molar-refractivity contribution in [2.45, 2.75) is 33.6 Å². The number of furan rings is 1. The summed E-state index contributed by atoms with van der Waals surface area (Å²) in [6.45, 7) is 7.25. The van der Waals surface area contributed by atoms with Gasteiger partial charge in [0.05, 0.1) is 12.0 Å². The molecule has 4 aromatic rings. The third-order valence-electron chi connectivity index (χ3n) is 4.66. The number of hydrogen-bond donors (Lipinski definition) is 1. The summed E-state index contributed by atoms with van der Waals surface area (Å²) in [6, 6.07) is 23.8. The minimum Gasteiger partial charge on any atom is -0.512 e. The van der Waals surface area contributed by atoms with E-state index in [-0.39, 0.29) is 31.6 Å². The predicted molar refractivity (Wildman–Crippen MR) is 125 cm³/mol. The van der Waals surface area contributed by atoms with Gasteiger partial charge in [-0.3, -0.25) is 4.79 Å². The van der Waals surface area contributed by atoms with Gasteiger partial charge in [0.15, 0.2) is 11.4 Å². The first-order valence-corrected chi connectivity index (χ1v) is 10.2. The zero-order valence-corrected chi connectivity index (χ0v) is 20.9. The number of carbonyl (C=O) groups excluding carboxylic acids is 1. The summed E-state index contributed by atoms with van der Waals surface area (Å²) in [5.74, 6) is 1.34. The second-order valence-corrected chi connectivity index (χ2v) is 7.67. The second kappa shape index (κ2) is 11.6. The fourth-order valence-electron chi connectivity index (χ4n) is 3.11. The molecule has 0 fully saturated rings. The quantitative estimate of drug-likeness (QED) is 0.153. The van der Waals surface area contributed by atoms with Crippen LogP contribution >= 0.6 is 0 Å². The normalized spacial score (nSPS) is 11.0. The number of nitrogens with zero attached hydrogens (tertiary/aromatic N) is 1. The van der Waals surface area contributed by atoms with E-state index in [4.69, 9.17) is 9.52 Å². The average Bonchev–Trinajstić information content (AvgIpc) is 3.17. The van der Waals surface area contributed by atoms with Gasteiger partial charge in [-0.05, 0) is 37.1 Å². The number of rotatable bonds is 4. The average molecular weight is 605 g/mol. The van der Waals surface area contributed by atoms with E-state index in [2.05, 4.69) is 61.3 Å².